The van der Waals surface area contributed by atoms with Crippen molar-refractivity contribution in [2.75, 3.05) is 0 Å². The number of benzene rings is 1. The van der Waals surface area contributed by atoms with Crippen LogP contribution in [0.3, 0.4) is 0 Å². The van der Waals surface area contributed by atoms with E-state index in [1.54, 1.807) is 0 Å². The van der Waals surface area contributed by atoms with Crippen LogP contribution in [0, 0.1) is 0 Å². The quantitative estimate of drug-likeness (QED) is 0.524. The van der Waals surface area contributed by atoms with E-state index in [0.29, 0.717) is 10.2 Å². The Bertz CT molecular complexity index is 1200. The molecule has 8 heteroatoms. The van der Waals surface area contributed by atoms with Crippen LogP contribution in [0.1, 0.15) is 20.1 Å². The lowest BCUT2D eigenvalue weighted by atomic mass is 10.2. The van der Waals surface area contributed by atoms with Crippen LogP contribution >= 0.6 is 22.7 Å². The van der Waals surface area contributed by atoms with Crippen molar-refractivity contribution in [3.8, 4) is 0 Å². The zero-order valence-electron chi connectivity index (χ0n) is 14.0. The summed E-state index contributed by atoms with van der Waals surface area (Å²) < 4.78 is 6.44. The normalized spacial score (nSPS) is 11.0. The van der Waals surface area contributed by atoms with Crippen molar-refractivity contribution in [1.29, 1.82) is 0 Å². The zero-order valence-corrected chi connectivity index (χ0v) is 15.6. The van der Waals surface area contributed by atoms with Gasteiger partial charge in [0.05, 0.1) is 11.9 Å². The van der Waals surface area contributed by atoms with Crippen molar-refractivity contribution in [2.45, 2.75) is 13.2 Å². The Kier molecular flexibility index (Phi) is 4.74. The molecule has 6 nitrogen and oxygen atoms in total. The highest BCUT2D eigenvalue weighted by Gasteiger charge is 2.17. The number of H-pyrrole nitrogens is 1. The van der Waals surface area contributed by atoms with E-state index in [0.717, 1.165) is 26.3 Å². The number of esters is 1. The number of carbonyl (C=O) groups excluding carboxylic acids is 1. The van der Waals surface area contributed by atoms with E-state index in [4.69, 9.17) is 4.74 Å². The van der Waals surface area contributed by atoms with Crippen LogP contribution in [0.15, 0.2) is 63.5 Å². The van der Waals surface area contributed by atoms with Gasteiger partial charge in [0.1, 0.15) is 16.3 Å². The van der Waals surface area contributed by atoms with E-state index in [9.17, 15) is 14.4 Å². The number of carbonyl (C=O) groups is 1. The summed E-state index contributed by atoms with van der Waals surface area (Å²) in [7, 11) is 0. The topological polar surface area (TPSA) is 81.2 Å². The number of rotatable bonds is 5. The Morgan fingerprint density at radius 1 is 1.11 bits per heavy atom. The minimum absolute atomic E-state index is 0.146. The van der Waals surface area contributed by atoms with Gasteiger partial charge in [-0.3, -0.25) is 14.3 Å². The molecule has 0 bridgehead atoms. The molecule has 0 saturated heterocycles. The van der Waals surface area contributed by atoms with E-state index in [1.807, 2.05) is 47.8 Å². The first-order chi connectivity index (χ1) is 13.1. The third-order valence-corrected chi connectivity index (χ3v) is 5.87. The summed E-state index contributed by atoms with van der Waals surface area (Å²) in [6, 6.07) is 14.5. The van der Waals surface area contributed by atoms with Crippen LogP contribution in [-0.4, -0.2) is 15.5 Å². The monoisotopic (exact) mass is 398 g/mol. The Morgan fingerprint density at radius 2 is 1.93 bits per heavy atom. The largest absolute Gasteiger partial charge is 0.457 e. The van der Waals surface area contributed by atoms with Gasteiger partial charge in [0.25, 0.3) is 5.56 Å². The second-order valence-corrected chi connectivity index (χ2v) is 7.90. The molecule has 0 aliphatic carbocycles. The predicted molar refractivity (Wildman–Crippen MR) is 106 cm³/mol. The first-order valence-corrected chi connectivity index (χ1v) is 9.81. The standard InChI is InChI=1S/C19H14N2O4S2/c22-17-14-9-15(18(23)25-11-12-5-2-1-3-6-12)27-16(14)20-19(24)21(17)10-13-7-4-8-26-13/h1-9H,10-11H2,(H,20,24). The molecule has 4 rings (SSSR count). The second-order valence-electron chi connectivity index (χ2n) is 5.82. The van der Waals surface area contributed by atoms with Crippen LogP contribution in [-0.2, 0) is 17.9 Å². The maximum Gasteiger partial charge on any atom is 0.348 e. The SMILES string of the molecule is O=C(OCc1ccccc1)c1cc2c(=O)n(Cc3cccs3)c(=O)[nH]c2s1. The van der Waals surface area contributed by atoms with Gasteiger partial charge in [-0.25, -0.2) is 9.59 Å². The average Bonchev–Trinajstić information content (AvgIpc) is 3.34. The Hall–Kier alpha value is -2.97. The summed E-state index contributed by atoms with van der Waals surface area (Å²) >= 11 is 2.52. The average molecular weight is 398 g/mol. The molecule has 0 fully saturated rings. The third kappa shape index (κ3) is 3.62. The number of hydrogen-bond acceptors (Lipinski definition) is 6. The fourth-order valence-electron chi connectivity index (χ4n) is 2.64. The van der Waals surface area contributed by atoms with Crippen molar-refractivity contribution >= 4 is 38.9 Å². The van der Waals surface area contributed by atoms with Crippen LogP contribution in [0.2, 0.25) is 0 Å². The molecule has 3 heterocycles. The first kappa shape index (κ1) is 17.4. The number of nitrogens with zero attached hydrogens (tertiary/aromatic N) is 1. The Balaban J connectivity index is 1.62. The van der Waals surface area contributed by atoms with E-state index in [2.05, 4.69) is 4.98 Å². The van der Waals surface area contributed by atoms with Gasteiger partial charge >= 0.3 is 11.7 Å². The van der Waals surface area contributed by atoms with Gasteiger partial charge in [-0.05, 0) is 23.1 Å². The van der Waals surface area contributed by atoms with Crippen molar-refractivity contribution in [1.82, 2.24) is 9.55 Å². The number of thiophene rings is 2. The molecule has 0 unspecified atom stereocenters. The fraction of sp³-hybridized carbons (Fsp3) is 0.105. The molecule has 4 aromatic rings. The van der Waals surface area contributed by atoms with E-state index < -0.39 is 17.2 Å². The van der Waals surface area contributed by atoms with Gasteiger partial charge < -0.3 is 4.74 Å². The predicted octanol–water partition coefficient (Wildman–Crippen LogP) is 3.22. The Labute approximate surface area is 161 Å². The maximum absolute atomic E-state index is 12.7. The highest BCUT2D eigenvalue weighted by atomic mass is 32.1. The first-order valence-electron chi connectivity index (χ1n) is 8.12. The lowest BCUT2D eigenvalue weighted by Gasteiger charge is -2.02. The van der Waals surface area contributed by atoms with Crippen LogP contribution in [0.25, 0.3) is 10.2 Å². The summed E-state index contributed by atoms with van der Waals surface area (Å²) in [5, 5.41) is 2.20. The van der Waals surface area contributed by atoms with Crippen molar-refractivity contribution in [2.24, 2.45) is 0 Å². The molecule has 27 heavy (non-hydrogen) atoms. The smallest absolute Gasteiger partial charge is 0.348 e. The summed E-state index contributed by atoms with van der Waals surface area (Å²) in [6.45, 7) is 0.346. The lowest BCUT2D eigenvalue weighted by Crippen LogP contribution is -2.34. The molecule has 0 spiro atoms. The molecule has 0 saturated carbocycles. The van der Waals surface area contributed by atoms with Gasteiger partial charge in [-0.1, -0.05) is 36.4 Å². The van der Waals surface area contributed by atoms with Gasteiger partial charge in [-0.15, -0.1) is 22.7 Å². The number of aromatic nitrogens is 2. The zero-order chi connectivity index (χ0) is 18.8. The molecule has 0 radical (unpaired) electrons. The minimum atomic E-state index is -0.523. The van der Waals surface area contributed by atoms with Crippen LogP contribution < -0.4 is 11.2 Å². The molecule has 1 N–H and O–H groups in total. The third-order valence-electron chi connectivity index (χ3n) is 3.98. The van der Waals surface area contributed by atoms with Crippen LogP contribution in [0.5, 0.6) is 0 Å². The molecule has 136 valence electrons. The maximum atomic E-state index is 12.7. The highest BCUT2D eigenvalue weighted by molar-refractivity contribution is 7.20. The van der Waals surface area contributed by atoms with Crippen LogP contribution in [0.4, 0.5) is 0 Å². The molecular formula is C19H14N2O4S2. The second kappa shape index (κ2) is 7.34. The number of nitrogens with one attached hydrogen (secondary N) is 1. The summed E-state index contributed by atoms with van der Waals surface area (Å²) in [5.41, 5.74) is -0.0360. The van der Waals surface area contributed by atoms with Gasteiger partial charge in [0, 0.05) is 4.88 Å². The van der Waals surface area contributed by atoms with Crippen molar-refractivity contribution in [3.05, 3.63) is 90.1 Å². The van der Waals surface area contributed by atoms with Gasteiger partial charge in [0.2, 0.25) is 0 Å². The molecule has 3 aromatic heterocycles. The molecule has 0 amide bonds. The summed E-state index contributed by atoms with van der Waals surface area (Å²) in [5.74, 6) is -0.523. The Morgan fingerprint density at radius 3 is 2.67 bits per heavy atom. The van der Waals surface area contributed by atoms with Crippen molar-refractivity contribution in [3.63, 3.8) is 0 Å². The summed E-state index contributed by atoms with van der Waals surface area (Å²) in [4.78, 5) is 41.5. The van der Waals surface area contributed by atoms with E-state index in [1.165, 1.54) is 17.4 Å². The van der Waals surface area contributed by atoms with E-state index >= 15 is 0 Å². The molecule has 0 aliphatic rings. The van der Waals surface area contributed by atoms with Crippen molar-refractivity contribution < 1.29 is 9.53 Å². The molecule has 0 aliphatic heterocycles. The number of aromatic amines is 1. The number of hydrogen-bond donors (Lipinski definition) is 1. The minimum Gasteiger partial charge on any atom is -0.457 e. The fourth-order valence-corrected chi connectivity index (χ4v) is 4.27. The molecular weight excluding hydrogens is 384 g/mol. The number of ether oxygens (including phenoxy) is 1. The molecule has 1 aromatic carbocycles. The molecule has 0 atom stereocenters. The van der Waals surface area contributed by atoms with E-state index in [-0.39, 0.29) is 18.0 Å². The highest BCUT2D eigenvalue weighted by Crippen LogP contribution is 2.21. The number of fused-ring (bicyclic) bond motifs is 1. The summed E-state index contributed by atoms with van der Waals surface area (Å²) in [6.07, 6.45) is 0. The lowest BCUT2D eigenvalue weighted by molar-refractivity contribution is 0.0478. The van der Waals surface area contributed by atoms with Gasteiger partial charge in [0.15, 0.2) is 0 Å². The van der Waals surface area contributed by atoms with Gasteiger partial charge in [-0.2, -0.15) is 0 Å².